The van der Waals surface area contributed by atoms with E-state index in [1.54, 1.807) is 31.5 Å². The van der Waals surface area contributed by atoms with Gasteiger partial charge < -0.3 is 9.47 Å². The van der Waals surface area contributed by atoms with Crippen LogP contribution >= 0.6 is 11.6 Å². The Hall–Kier alpha value is -2.85. The number of aliphatic imine (C=N–C) groups is 1. The Morgan fingerprint density at radius 3 is 2.52 bits per heavy atom. The summed E-state index contributed by atoms with van der Waals surface area (Å²) < 4.78 is 24.2. The molecule has 138 valence electrons. The first-order chi connectivity index (χ1) is 13.1. The lowest BCUT2D eigenvalue weighted by molar-refractivity contribution is 0.284. The molecule has 0 aliphatic rings. The van der Waals surface area contributed by atoms with E-state index in [0.29, 0.717) is 16.5 Å². The first-order valence-electron chi connectivity index (χ1n) is 8.41. The van der Waals surface area contributed by atoms with Crippen LogP contribution in [0.4, 0.5) is 10.1 Å². The number of ether oxygens (including phenoxy) is 2. The van der Waals surface area contributed by atoms with Crippen LogP contribution in [0, 0.1) is 12.7 Å². The minimum absolute atomic E-state index is 0.257. The summed E-state index contributed by atoms with van der Waals surface area (Å²) in [4.78, 5) is 4.51. The number of methoxy groups -OCH3 is 1. The predicted molar refractivity (Wildman–Crippen MR) is 107 cm³/mol. The molecule has 0 amide bonds. The van der Waals surface area contributed by atoms with E-state index in [2.05, 4.69) is 4.99 Å². The predicted octanol–water partition coefficient (Wildman–Crippen LogP) is 6.13. The monoisotopic (exact) mass is 383 g/mol. The van der Waals surface area contributed by atoms with E-state index in [1.165, 1.54) is 12.1 Å². The van der Waals surface area contributed by atoms with Gasteiger partial charge in [0.05, 0.1) is 17.8 Å². The van der Waals surface area contributed by atoms with E-state index in [9.17, 15) is 4.39 Å². The van der Waals surface area contributed by atoms with Crippen molar-refractivity contribution >= 4 is 23.5 Å². The van der Waals surface area contributed by atoms with Crippen LogP contribution in [0.15, 0.2) is 65.7 Å². The summed E-state index contributed by atoms with van der Waals surface area (Å²) in [7, 11) is 1.55. The zero-order valence-electron chi connectivity index (χ0n) is 15.1. The van der Waals surface area contributed by atoms with E-state index in [0.717, 1.165) is 22.4 Å². The molecular formula is C22H19ClFNO2. The summed E-state index contributed by atoms with van der Waals surface area (Å²) in [6, 6.07) is 17.6. The van der Waals surface area contributed by atoms with Crippen LogP contribution in [-0.2, 0) is 6.61 Å². The Bertz CT molecular complexity index is 955. The molecule has 0 saturated heterocycles. The molecule has 0 unspecified atom stereocenters. The zero-order valence-corrected chi connectivity index (χ0v) is 15.8. The molecule has 0 heterocycles. The highest BCUT2D eigenvalue weighted by Gasteiger charge is 2.12. The fraction of sp³-hybridized carbons (Fsp3) is 0.136. The number of rotatable bonds is 6. The maximum absolute atomic E-state index is 13.0. The highest BCUT2D eigenvalue weighted by molar-refractivity contribution is 6.32. The fourth-order valence-corrected chi connectivity index (χ4v) is 2.82. The molecule has 0 N–H and O–H groups in total. The Morgan fingerprint density at radius 2 is 1.81 bits per heavy atom. The average molecular weight is 384 g/mol. The second kappa shape index (κ2) is 8.69. The van der Waals surface area contributed by atoms with Crippen LogP contribution in [0.5, 0.6) is 11.5 Å². The summed E-state index contributed by atoms with van der Waals surface area (Å²) in [5.74, 6) is 0.666. The Kier molecular flexibility index (Phi) is 6.09. The smallest absolute Gasteiger partial charge is 0.180 e. The van der Waals surface area contributed by atoms with Crippen molar-refractivity contribution in [2.45, 2.75) is 13.5 Å². The van der Waals surface area contributed by atoms with Crippen molar-refractivity contribution in [3.8, 4) is 11.5 Å². The molecule has 0 bridgehead atoms. The van der Waals surface area contributed by atoms with Crippen molar-refractivity contribution < 1.29 is 13.9 Å². The molecule has 3 nitrogen and oxygen atoms in total. The maximum Gasteiger partial charge on any atom is 0.180 e. The minimum atomic E-state index is -0.286. The van der Waals surface area contributed by atoms with Crippen LogP contribution in [0.1, 0.15) is 16.7 Å². The molecule has 0 atom stereocenters. The number of benzene rings is 3. The molecule has 3 aromatic rings. The molecule has 0 aromatic heterocycles. The average Bonchev–Trinajstić information content (AvgIpc) is 2.67. The van der Waals surface area contributed by atoms with Crippen molar-refractivity contribution in [3.63, 3.8) is 0 Å². The number of aryl methyl sites for hydroxylation is 1. The molecule has 5 heteroatoms. The molecule has 3 aromatic carbocycles. The van der Waals surface area contributed by atoms with E-state index in [-0.39, 0.29) is 12.4 Å². The van der Waals surface area contributed by atoms with Crippen LogP contribution in [0.25, 0.3) is 0 Å². The summed E-state index contributed by atoms with van der Waals surface area (Å²) in [5, 5.41) is 0.419. The normalized spacial score (nSPS) is 11.0. The van der Waals surface area contributed by atoms with Gasteiger partial charge in [-0.15, -0.1) is 0 Å². The van der Waals surface area contributed by atoms with Crippen LogP contribution in [0.2, 0.25) is 5.02 Å². The van der Waals surface area contributed by atoms with Gasteiger partial charge in [0.2, 0.25) is 0 Å². The molecule has 0 fully saturated rings. The second-order valence-corrected chi connectivity index (χ2v) is 6.40. The van der Waals surface area contributed by atoms with Gasteiger partial charge in [-0.3, -0.25) is 4.99 Å². The lowest BCUT2D eigenvalue weighted by Gasteiger charge is -2.13. The van der Waals surface area contributed by atoms with Gasteiger partial charge in [-0.05, 0) is 53.9 Å². The number of hydrogen-bond acceptors (Lipinski definition) is 3. The van der Waals surface area contributed by atoms with Gasteiger partial charge in [0.1, 0.15) is 12.4 Å². The summed E-state index contributed by atoms with van der Waals surface area (Å²) >= 11 is 6.39. The third-order valence-corrected chi connectivity index (χ3v) is 4.30. The second-order valence-electron chi connectivity index (χ2n) is 5.99. The summed E-state index contributed by atoms with van der Waals surface area (Å²) in [5.41, 5.74) is 3.62. The third kappa shape index (κ3) is 4.86. The molecule has 3 rings (SSSR count). The Balaban J connectivity index is 1.80. The van der Waals surface area contributed by atoms with Crippen molar-refractivity contribution in [1.29, 1.82) is 0 Å². The number of nitrogens with zero attached hydrogens (tertiary/aromatic N) is 1. The van der Waals surface area contributed by atoms with Gasteiger partial charge in [0, 0.05) is 6.21 Å². The van der Waals surface area contributed by atoms with Crippen LogP contribution in [-0.4, -0.2) is 13.3 Å². The molecule has 0 radical (unpaired) electrons. The molecular weight excluding hydrogens is 365 g/mol. The standard InChI is InChI=1S/C22H19ClFNO2/c1-15-5-3-4-6-20(15)25-13-17-11-19(23)22(21(12-17)26-2)27-14-16-7-9-18(24)10-8-16/h3-13H,14H2,1-2H3. The van der Waals surface area contributed by atoms with E-state index in [4.69, 9.17) is 21.1 Å². The lowest BCUT2D eigenvalue weighted by Crippen LogP contribution is -1.99. The van der Waals surface area contributed by atoms with Gasteiger partial charge in [-0.25, -0.2) is 4.39 Å². The van der Waals surface area contributed by atoms with Gasteiger partial charge >= 0.3 is 0 Å². The van der Waals surface area contributed by atoms with E-state index in [1.807, 2.05) is 37.3 Å². The van der Waals surface area contributed by atoms with E-state index >= 15 is 0 Å². The largest absolute Gasteiger partial charge is 0.493 e. The molecule has 0 spiro atoms. The Labute approximate surface area is 163 Å². The molecule has 0 saturated carbocycles. The maximum atomic E-state index is 13.0. The first-order valence-corrected chi connectivity index (χ1v) is 8.79. The summed E-state index contributed by atoms with van der Waals surface area (Å²) in [6.45, 7) is 2.26. The fourth-order valence-electron chi connectivity index (χ4n) is 2.54. The SMILES string of the molecule is COc1cc(C=Nc2ccccc2C)cc(Cl)c1OCc1ccc(F)cc1. The first kappa shape index (κ1) is 18.9. The van der Waals surface area contributed by atoms with Crippen molar-refractivity contribution in [3.05, 3.63) is 88.2 Å². The minimum Gasteiger partial charge on any atom is -0.493 e. The molecule has 0 aliphatic heterocycles. The van der Waals surface area contributed by atoms with Crippen molar-refractivity contribution in [2.24, 2.45) is 4.99 Å². The van der Waals surface area contributed by atoms with Gasteiger partial charge in [-0.1, -0.05) is 41.9 Å². The quantitative estimate of drug-likeness (QED) is 0.479. The van der Waals surface area contributed by atoms with Gasteiger partial charge in [0.25, 0.3) is 0 Å². The number of hydrogen-bond donors (Lipinski definition) is 0. The lowest BCUT2D eigenvalue weighted by atomic mass is 10.2. The highest BCUT2D eigenvalue weighted by atomic mass is 35.5. The Morgan fingerprint density at radius 1 is 1.07 bits per heavy atom. The van der Waals surface area contributed by atoms with Gasteiger partial charge in [0.15, 0.2) is 11.5 Å². The van der Waals surface area contributed by atoms with Crippen LogP contribution in [0.3, 0.4) is 0 Å². The highest BCUT2D eigenvalue weighted by Crippen LogP contribution is 2.36. The topological polar surface area (TPSA) is 30.8 Å². The van der Waals surface area contributed by atoms with E-state index < -0.39 is 0 Å². The molecule has 27 heavy (non-hydrogen) atoms. The van der Waals surface area contributed by atoms with Crippen molar-refractivity contribution in [2.75, 3.05) is 7.11 Å². The number of halogens is 2. The number of para-hydroxylation sites is 1. The van der Waals surface area contributed by atoms with Crippen LogP contribution < -0.4 is 9.47 Å². The third-order valence-electron chi connectivity index (χ3n) is 4.02. The van der Waals surface area contributed by atoms with Gasteiger partial charge in [-0.2, -0.15) is 0 Å². The van der Waals surface area contributed by atoms with Crippen molar-refractivity contribution in [1.82, 2.24) is 0 Å². The molecule has 0 aliphatic carbocycles. The summed E-state index contributed by atoms with van der Waals surface area (Å²) in [6.07, 6.45) is 1.74. The zero-order chi connectivity index (χ0) is 19.2.